The minimum absolute atomic E-state index is 0.0463. The quantitative estimate of drug-likeness (QED) is 0.828. The lowest BCUT2D eigenvalue weighted by molar-refractivity contribution is -0.163. The minimum atomic E-state index is -0.265. The van der Waals surface area contributed by atoms with Crippen molar-refractivity contribution in [1.82, 2.24) is 10.2 Å². The Bertz CT molecular complexity index is 832. The molecule has 0 radical (unpaired) electrons. The van der Waals surface area contributed by atoms with Crippen molar-refractivity contribution in [2.75, 3.05) is 38.2 Å². The lowest BCUT2D eigenvalue weighted by Gasteiger charge is -2.62. The van der Waals surface area contributed by atoms with Gasteiger partial charge in [-0.25, -0.2) is 0 Å². The lowest BCUT2D eigenvalue weighted by atomic mass is 9.46. The molecule has 1 aromatic rings. The maximum absolute atomic E-state index is 13.8. The lowest BCUT2D eigenvalue weighted by Crippen LogP contribution is -2.66. The molecule has 0 spiro atoms. The van der Waals surface area contributed by atoms with Gasteiger partial charge in [-0.1, -0.05) is 12.1 Å². The highest BCUT2D eigenvalue weighted by atomic mass is 16.5. The van der Waals surface area contributed by atoms with Crippen molar-refractivity contribution in [2.24, 2.45) is 17.3 Å². The summed E-state index contributed by atoms with van der Waals surface area (Å²) >= 11 is 0. The molecule has 6 rings (SSSR count). The molecule has 0 aromatic heterocycles. The number of nitrogens with one attached hydrogen (secondary N) is 1. The molecule has 30 heavy (non-hydrogen) atoms. The van der Waals surface area contributed by atoms with Crippen molar-refractivity contribution in [3.63, 3.8) is 0 Å². The number of amides is 2. The van der Waals surface area contributed by atoms with Crippen LogP contribution in [0.1, 0.15) is 45.4 Å². The van der Waals surface area contributed by atoms with E-state index in [1.54, 1.807) is 14.0 Å². The van der Waals surface area contributed by atoms with E-state index in [0.29, 0.717) is 17.7 Å². The Morgan fingerprint density at radius 2 is 1.70 bits per heavy atom. The highest BCUT2D eigenvalue weighted by Crippen LogP contribution is 2.62. The van der Waals surface area contributed by atoms with Crippen LogP contribution in [0.2, 0.25) is 0 Å². The highest BCUT2D eigenvalue weighted by molar-refractivity contribution is 5.84. The van der Waals surface area contributed by atoms with E-state index in [1.165, 1.54) is 6.42 Å². The van der Waals surface area contributed by atoms with Gasteiger partial charge in [0.1, 0.15) is 5.75 Å². The molecule has 4 saturated carbocycles. The molecule has 4 atom stereocenters. The number of hydrogen-bond acceptors (Lipinski definition) is 4. The van der Waals surface area contributed by atoms with E-state index in [9.17, 15) is 9.59 Å². The maximum atomic E-state index is 13.8. The first-order chi connectivity index (χ1) is 14.4. The zero-order valence-corrected chi connectivity index (χ0v) is 18.2. The molecule has 1 N–H and O–H groups in total. The topological polar surface area (TPSA) is 61.9 Å². The van der Waals surface area contributed by atoms with Crippen LogP contribution in [0.3, 0.4) is 0 Å². The molecular formula is C24H33N3O3. The van der Waals surface area contributed by atoms with Crippen LogP contribution in [0.5, 0.6) is 5.75 Å². The van der Waals surface area contributed by atoms with Gasteiger partial charge in [-0.3, -0.25) is 9.59 Å². The van der Waals surface area contributed by atoms with Crippen molar-refractivity contribution in [3.8, 4) is 5.75 Å². The predicted molar refractivity (Wildman–Crippen MR) is 115 cm³/mol. The number of methoxy groups -OCH3 is 1. The molecule has 4 bridgehead atoms. The second-order valence-electron chi connectivity index (χ2n) is 10.2. The zero-order chi connectivity index (χ0) is 20.9. The van der Waals surface area contributed by atoms with Gasteiger partial charge >= 0.3 is 0 Å². The van der Waals surface area contributed by atoms with Crippen LogP contribution in [0, 0.1) is 17.3 Å². The molecule has 2 unspecified atom stereocenters. The van der Waals surface area contributed by atoms with Gasteiger partial charge in [-0.15, -0.1) is 0 Å². The smallest absolute Gasteiger partial charge is 0.229 e. The summed E-state index contributed by atoms with van der Waals surface area (Å²) in [7, 11) is 1.70. The first-order valence-electron chi connectivity index (χ1n) is 11.4. The van der Waals surface area contributed by atoms with Crippen LogP contribution >= 0.6 is 0 Å². The summed E-state index contributed by atoms with van der Waals surface area (Å²) in [4.78, 5) is 30.1. The van der Waals surface area contributed by atoms with Gasteiger partial charge in [-0.2, -0.15) is 0 Å². The summed E-state index contributed by atoms with van der Waals surface area (Å²) in [5.41, 5.74) is 0.691. The average molecular weight is 412 g/mol. The third kappa shape index (κ3) is 3.25. The van der Waals surface area contributed by atoms with Crippen LogP contribution in [-0.4, -0.2) is 55.5 Å². The third-order valence-corrected chi connectivity index (χ3v) is 7.95. The average Bonchev–Trinajstić information content (AvgIpc) is 2.71. The largest absolute Gasteiger partial charge is 0.495 e. The zero-order valence-electron chi connectivity index (χ0n) is 18.2. The molecule has 5 fully saturated rings. The summed E-state index contributed by atoms with van der Waals surface area (Å²) < 4.78 is 5.52. The van der Waals surface area contributed by atoms with Gasteiger partial charge < -0.3 is 19.9 Å². The SMILES string of the molecule is COc1ccccc1N1CCN(C(=O)C23C[C@@H]4C[C@@H](CC(NC(C)=O)(C4)C2)C3)CC1. The number of piperazine rings is 1. The van der Waals surface area contributed by atoms with E-state index in [2.05, 4.69) is 21.2 Å². The second kappa shape index (κ2) is 7.17. The van der Waals surface area contributed by atoms with Gasteiger partial charge in [0.2, 0.25) is 11.8 Å². The molecule has 5 aliphatic rings. The molecule has 2 amide bonds. The Kier molecular flexibility index (Phi) is 4.71. The minimum Gasteiger partial charge on any atom is -0.495 e. The van der Waals surface area contributed by atoms with Gasteiger partial charge in [0.25, 0.3) is 0 Å². The van der Waals surface area contributed by atoms with E-state index in [-0.39, 0.29) is 16.9 Å². The van der Waals surface area contributed by atoms with E-state index in [0.717, 1.165) is 69.7 Å². The van der Waals surface area contributed by atoms with E-state index in [1.807, 2.05) is 18.2 Å². The van der Waals surface area contributed by atoms with Crippen molar-refractivity contribution < 1.29 is 14.3 Å². The molecule has 1 aliphatic heterocycles. The molecular weight excluding hydrogens is 378 g/mol. The second-order valence-corrected chi connectivity index (χ2v) is 10.2. The number of benzene rings is 1. The first kappa shape index (κ1) is 19.7. The van der Waals surface area contributed by atoms with E-state index >= 15 is 0 Å². The predicted octanol–water partition coefficient (Wildman–Crippen LogP) is 2.82. The number of carbonyl (C=O) groups excluding carboxylic acids is 2. The monoisotopic (exact) mass is 411 g/mol. The Morgan fingerprint density at radius 3 is 2.33 bits per heavy atom. The summed E-state index contributed by atoms with van der Waals surface area (Å²) in [5, 5.41) is 3.28. The molecule has 1 saturated heterocycles. The Hall–Kier alpha value is -2.24. The Labute approximate surface area is 178 Å². The van der Waals surface area contributed by atoms with Gasteiger partial charge in [-0.05, 0) is 62.5 Å². The summed E-state index contributed by atoms with van der Waals surface area (Å²) in [6, 6.07) is 8.10. The van der Waals surface area contributed by atoms with Gasteiger partial charge in [0, 0.05) is 38.6 Å². The van der Waals surface area contributed by atoms with Crippen LogP contribution < -0.4 is 15.0 Å². The maximum Gasteiger partial charge on any atom is 0.229 e. The number of anilines is 1. The molecule has 6 nitrogen and oxygen atoms in total. The third-order valence-electron chi connectivity index (χ3n) is 7.95. The fourth-order valence-electron chi connectivity index (χ4n) is 7.41. The molecule has 1 aromatic carbocycles. The summed E-state index contributed by atoms with van der Waals surface area (Å²) in [5.74, 6) is 2.43. The van der Waals surface area contributed by atoms with Crippen molar-refractivity contribution in [3.05, 3.63) is 24.3 Å². The number of rotatable bonds is 4. The van der Waals surface area contributed by atoms with Crippen molar-refractivity contribution in [2.45, 2.75) is 51.0 Å². The van der Waals surface area contributed by atoms with Crippen LogP contribution in [0.15, 0.2) is 24.3 Å². The van der Waals surface area contributed by atoms with Crippen molar-refractivity contribution >= 4 is 17.5 Å². The fourth-order valence-corrected chi connectivity index (χ4v) is 7.41. The molecule has 162 valence electrons. The normalized spacial score (nSPS) is 34.7. The van der Waals surface area contributed by atoms with Crippen molar-refractivity contribution in [1.29, 1.82) is 0 Å². The highest BCUT2D eigenvalue weighted by Gasteiger charge is 2.61. The molecule has 6 heteroatoms. The van der Waals surface area contributed by atoms with Gasteiger partial charge in [0.15, 0.2) is 0 Å². The first-order valence-corrected chi connectivity index (χ1v) is 11.4. The number of nitrogens with zero attached hydrogens (tertiary/aromatic N) is 2. The van der Waals surface area contributed by atoms with Crippen LogP contribution in [0.25, 0.3) is 0 Å². The number of ether oxygens (including phenoxy) is 1. The summed E-state index contributed by atoms with van der Waals surface area (Å²) in [6.07, 6.45) is 6.20. The van der Waals surface area contributed by atoms with Gasteiger partial charge in [0.05, 0.1) is 18.2 Å². The molecule has 4 aliphatic carbocycles. The number of para-hydroxylation sites is 2. The number of carbonyl (C=O) groups is 2. The Balaban J connectivity index is 1.30. The standard InChI is InChI=1S/C24H33N3O3/c1-17(28)25-24-14-18-11-19(15-24)13-23(12-18,16-24)22(29)27-9-7-26(8-10-27)20-5-3-4-6-21(20)30-2/h3-6,18-19H,7-16H2,1-2H3,(H,25,28)/t18-,19+,23?,24?. The molecule has 1 heterocycles. The van der Waals surface area contributed by atoms with Crippen LogP contribution in [-0.2, 0) is 9.59 Å². The number of hydrogen-bond donors (Lipinski definition) is 1. The Morgan fingerprint density at radius 1 is 1.03 bits per heavy atom. The van der Waals surface area contributed by atoms with E-state index < -0.39 is 0 Å². The van der Waals surface area contributed by atoms with Crippen LogP contribution in [0.4, 0.5) is 5.69 Å². The summed E-state index contributed by atoms with van der Waals surface area (Å²) in [6.45, 7) is 4.77. The fraction of sp³-hybridized carbons (Fsp3) is 0.667. The van der Waals surface area contributed by atoms with E-state index in [4.69, 9.17) is 4.74 Å².